The molecule has 2 aliphatic rings. The van der Waals surface area contributed by atoms with E-state index in [1.54, 1.807) is 0 Å². The zero-order chi connectivity index (χ0) is 13.8. The van der Waals surface area contributed by atoms with Gasteiger partial charge in [-0.25, -0.2) is 0 Å². The molecule has 0 radical (unpaired) electrons. The second kappa shape index (κ2) is 6.47. The molecule has 19 heavy (non-hydrogen) atoms. The van der Waals surface area contributed by atoms with Crippen LogP contribution in [0.5, 0.6) is 0 Å². The smallest absolute Gasteiger partial charge is 0.183 e. The lowest BCUT2D eigenvalue weighted by Crippen LogP contribution is -2.31. The van der Waals surface area contributed by atoms with Crippen LogP contribution in [0.4, 0.5) is 0 Å². The largest absolute Gasteiger partial charge is 0.376 e. The summed E-state index contributed by atoms with van der Waals surface area (Å²) in [6.45, 7) is 4.14. The number of ketones is 1. The van der Waals surface area contributed by atoms with Crippen LogP contribution in [0.15, 0.2) is 11.6 Å². The number of carbonyl (C=O) groups excluding carboxylic acids is 1. The lowest BCUT2D eigenvalue weighted by molar-refractivity contribution is -0.119. The van der Waals surface area contributed by atoms with E-state index in [-0.39, 0.29) is 23.5 Å². The molecule has 0 amide bonds. The molecule has 0 spiro atoms. The summed E-state index contributed by atoms with van der Waals surface area (Å²) in [7, 11) is 0. The predicted molar refractivity (Wildman–Crippen MR) is 76.6 cm³/mol. The van der Waals surface area contributed by atoms with Crippen molar-refractivity contribution < 1.29 is 9.53 Å². The van der Waals surface area contributed by atoms with Crippen molar-refractivity contribution in [3.05, 3.63) is 11.6 Å². The fraction of sp³-hybridized carbons (Fsp3) is 0.750. The Labute approximate surface area is 115 Å². The van der Waals surface area contributed by atoms with Gasteiger partial charge in [0.1, 0.15) is 5.71 Å². The molecule has 3 heteroatoms. The second-order valence-electron chi connectivity index (χ2n) is 5.98. The molecular formula is C16H25NO2. The van der Waals surface area contributed by atoms with Crippen molar-refractivity contribution >= 4 is 11.5 Å². The number of carbonyl (C=O) groups is 1. The van der Waals surface area contributed by atoms with E-state index in [0.717, 1.165) is 50.5 Å². The monoisotopic (exact) mass is 263 g/mol. The van der Waals surface area contributed by atoms with Gasteiger partial charge in [0.2, 0.25) is 0 Å². The summed E-state index contributed by atoms with van der Waals surface area (Å²) >= 11 is 0. The fourth-order valence-electron chi connectivity index (χ4n) is 3.19. The maximum Gasteiger partial charge on any atom is 0.183 e. The third-order valence-electron chi connectivity index (χ3n) is 4.22. The van der Waals surface area contributed by atoms with Crippen molar-refractivity contribution in [1.82, 2.24) is 0 Å². The Kier molecular flexibility index (Phi) is 4.92. The molecule has 1 fully saturated rings. The molecular weight excluding hydrogens is 238 g/mol. The lowest BCUT2D eigenvalue weighted by Gasteiger charge is -2.27. The van der Waals surface area contributed by atoms with E-state index in [1.165, 1.54) is 0 Å². The second-order valence-corrected chi connectivity index (χ2v) is 5.98. The highest BCUT2D eigenvalue weighted by atomic mass is 16.5. The van der Waals surface area contributed by atoms with Crippen molar-refractivity contribution in [3.8, 4) is 0 Å². The molecule has 1 unspecified atom stereocenters. The summed E-state index contributed by atoms with van der Waals surface area (Å²) in [5.74, 6) is 0.0228. The summed E-state index contributed by atoms with van der Waals surface area (Å²) in [6.07, 6.45) is 9.20. The molecule has 2 rings (SSSR count). The molecule has 3 atom stereocenters. The van der Waals surface area contributed by atoms with Gasteiger partial charge in [0.15, 0.2) is 5.78 Å². The fourth-order valence-corrected chi connectivity index (χ4v) is 3.19. The number of ether oxygens (including phenoxy) is 1. The van der Waals surface area contributed by atoms with Crippen molar-refractivity contribution in [3.63, 3.8) is 0 Å². The minimum atomic E-state index is -0.0171. The Morgan fingerprint density at radius 2 is 2.05 bits per heavy atom. The molecule has 1 aliphatic heterocycles. The number of rotatable bonds is 3. The van der Waals surface area contributed by atoms with Gasteiger partial charge in [0, 0.05) is 5.92 Å². The Bertz CT molecular complexity index is 386. The molecule has 3 nitrogen and oxygen atoms in total. The van der Waals surface area contributed by atoms with Crippen LogP contribution in [-0.4, -0.2) is 23.7 Å². The quantitative estimate of drug-likeness (QED) is 0.790. The summed E-state index contributed by atoms with van der Waals surface area (Å²) < 4.78 is 5.84. The molecule has 1 saturated heterocycles. The maximum absolute atomic E-state index is 12.5. The van der Waals surface area contributed by atoms with Crippen LogP contribution in [-0.2, 0) is 9.53 Å². The van der Waals surface area contributed by atoms with Crippen LogP contribution in [0.3, 0.4) is 0 Å². The number of allylic oxidation sites excluding steroid dienone is 2. The van der Waals surface area contributed by atoms with Crippen molar-refractivity contribution in [1.29, 1.82) is 5.41 Å². The molecule has 0 aromatic carbocycles. The van der Waals surface area contributed by atoms with Crippen LogP contribution < -0.4 is 0 Å². The highest BCUT2D eigenvalue weighted by Crippen LogP contribution is 2.27. The lowest BCUT2D eigenvalue weighted by atomic mass is 9.86. The molecule has 1 aliphatic carbocycles. The Balaban J connectivity index is 1.99. The highest BCUT2D eigenvalue weighted by Gasteiger charge is 2.28. The SMILES string of the molecule is C[C@@H]1CCCC(C(=O)C(=N)C2=CCCC2)C[C@H](C)O1. The first-order chi connectivity index (χ1) is 9.08. The van der Waals surface area contributed by atoms with Gasteiger partial charge in [0.05, 0.1) is 12.2 Å². The Hall–Kier alpha value is -0.960. The van der Waals surface area contributed by atoms with Crippen molar-refractivity contribution in [2.45, 2.75) is 71.0 Å². The number of hydrogen-bond donors (Lipinski definition) is 1. The minimum Gasteiger partial charge on any atom is -0.376 e. The summed E-state index contributed by atoms with van der Waals surface area (Å²) in [5, 5.41) is 8.10. The van der Waals surface area contributed by atoms with E-state index in [9.17, 15) is 4.79 Å². The van der Waals surface area contributed by atoms with E-state index >= 15 is 0 Å². The Morgan fingerprint density at radius 1 is 1.26 bits per heavy atom. The van der Waals surface area contributed by atoms with E-state index in [2.05, 4.69) is 13.0 Å². The van der Waals surface area contributed by atoms with Gasteiger partial charge in [-0.1, -0.05) is 12.5 Å². The molecule has 0 aromatic rings. The molecule has 1 N–H and O–H groups in total. The van der Waals surface area contributed by atoms with Crippen LogP contribution in [0, 0.1) is 11.3 Å². The van der Waals surface area contributed by atoms with E-state index in [4.69, 9.17) is 10.1 Å². The van der Waals surface area contributed by atoms with Crippen LogP contribution in [0.1, 0.15) is 58.8 Å². The summed E-state index contributed by atoms with van der Waals surface area (Å²) in [5.41, 5.74) is 1.23. The first-order valence-corrected chi connectivity index (χ1v) is 7.55. The first-order valence-electron chi connectivity index (χ1n) is 7.55. The number of hydrogen-bond acceptors (Lipinski definition) is 3. The van der Waals surface area contributed by atoms with Gasteiger partial charge < -0.3 is 4.74 Å². The molecule has 0 saturated carbocycles. The van der Waals surface area contributed by atoms with E-state index in [1.807, 2.05) is 6.92 Å². The Morgan fingerprint density at radius 3 is 2.74 bits per heavy atom. The predicted octanol–water partition coefficient (Wildman–Crippen LogP) is 3.67. The van der Waals surface area contributed by atoms with Crippen molar-refractivity contribution in [2.75, 3.05) is 0 Å². The number of nitrogens with one attached hydrogen (secondary N) is 1. The first kappa shape index (κ1) is 14.4. The van der Waals surface area contributed by atoms with E-state index in [0.29, 0.717) is 6.10 Å². The van der Waals surface area contributed by atoms with Gasteiger partial charge in [-0.3, -0.25) is 10.2 Å². The summed E-state index contributed by atoms with van der Waals surface area (Å²) in [4.78, 5) is 12.5. The van der Waals surface area contributed by atoms with Gasteiger partial charge >= 0.3 is 0 Å². The molecule has 1 heterocycles. The number of Topliss-reactive ketones (excluding diaryl/α,β-unsaturated/α-hetero) is 1. The zero-order valence-corrected chi connectivity index (χ0v) is 12.1. The highest BCUT2D eigenvalue weighted by molar-refractivity contribution is 6.45. The van der Waals surface area contributed by atoms with Crippen LogP contribution in [0.25, 0.3) is 0 Å². The van der Waals surface area contributed by atoms with Gasteiger partial charge in [0.25, 0.3) is 0 Å². The third-order valence-corrected chi connectivity index (χ3v) is 4.22. The van der Waals surface area contributed by atoms with Crippen LogP contribution >= 0.6 is 0 Å². The summed E-state index contributed by atoms with van der Waals surface area (Å²) in [6, 6.07) is 0. The minimum absolute atomic E-state index is 0.0171. The van der Waals surface area contributed by atoms with Gasteiger partial charge in [-0.05, 0) is 57.9 Å². The zero-order valence-electron chi connectivity index (χ0n) is 12.1. The van der Waals surface area contributed by atoms with E-state index < -0.39 is 0 Å². The average Bonchev–Trinajstić information content (AvgIpc) is 2.87. The molecule has 106 valence electrons. The normalized spacial score (nSPS) is 32.3. The van der Waals surface area contributed by atoms with Gasteiger partial charge in [-0.15, -0.1) is 0 Å². The van der Waals surface area contributed by atoms with Crippen molar-refractivity contribution in [2.24, 2.45) is 5.92 Å². The molecule has 0 bridgehead atoms. The van der Waals surface area contributed by atoms with Gasteiger partial charge in [-0.2, -0.15) is 0 Å². The molecule has 0 aromatic heterocycles. The standard InChI is InChI=1S/C16H25NO2/c1-11-6-5-9-14(10-12(2)19-11)16(18)15(17)13-7-3-4-8-13/h7,11-12,14,17H,3-6,8-10H2,1-2H3/t11-,12+,14?/m1/s1. The van der Waals surface area contributed by atoms with Crippen LogP contribution in [0.2, 0.25) is 0 Å². The maximum atomic E-state index is 12.5. The topological polar surface area (TPSA) is 50.2 Å². The third kappa shape index (κ3) is 3.75. The average molecular weight is 263 g/mol.